The zero-order chi connectivity index (χ0) is 24.9. The lowest BCUT2D eigenvalue weighted by Gasteiger charge is -2.39. The molecule has 1 aliphatic heterocycles. The Morgan fingerprint density at radius 1 is 1.00 bits per heavy atom. The van der Waals surface area contributed by atoms with E-state index in [4.69, 9.17) is 28.2 Å². The Labute approximate surface area is 217 Å². The van der Waals surface area contributed by atoms with Gasteiger partial charge in [-0.1, -0.05) is 59.6 Å². The van der Waals surface area contributed by atoms with E-state index in [1.807, 2.05) is 30.3 Å². The van der Waals surface area contributed by atoms with Crippen LogP contribution in [0.2, 0.25) is 10.0 Å². The number of benzene rings is 3. The molecule has 0 spiro atoms. The molecular formula is C27H22Cl2N6O. The Hall–Kier alpha value is -3.68. The molecule has 0 unspecified atom stereocenters. The van der Waals surface area contributed by atoms with Gasteiger partial charge in [0.1, 0.15) is 18.5 Å². The van der Waals surface area contributed by atoms with Gasteiger partial charge in [0.15, 0.2) is 0 Å². The number of rotatable bonds is 4. The van der Waals surface area contributed by atoms with Crippen molar-refractivity contribution in [1.82, 2.24) is 29.6 Å². The van der Waals surface area contributed by atoms with Crippen LogP contribution >= 0.6 is 23.2 Å². The number of aryl methyl sites for hydroxylation is 2. The van der Waals surface area contributed by atoms with E-state index in [0.29, 0.717) is 18.7 Å². The van der Waals surface area contributed by atoms with E-state index >= 15 is 0 Å². The van der Waals surface area contributed by atoms with Crippen molar-refractivity contribution in [2.45, 2.75) is 31.8 Å². The minimum atomic E-state index is -0.663. The first-order valence-electron chi connectivity index (χ1n) is 11.6. The summed E-state index contributed by atoms with van der Waals surface area (Å²) in [5.41, 5.74) is 4.46. The summed E-state index contributed by atoms with van der Waals surface area (Å²) in [7, 11) is 0. The Morgan fingerprint density at radius 2 is 1.72 bits per heavy atom. The number of nitrogens with one attached hydrogen (secondary N) is 1. The van der Waals surface area contributed by atoms with Gasteiger partial charge in [0, 0.05) is 6.42 Å². The summed E-state index contributed by atoms with van der Waals surface area (Å²) in [5, 5.41) is 11.5. The lowest BCUT2D eigenvalue weighted by atomic mass is 9.82. The molecule has 2 aromatic heterocycles. The second kappa shape index (κ2) is 8.76. The van der Waals surface area contributed by atoms with Crippen LogP contribution < -0.4 is 5.32 Å². The Bertz CT molecular complexity index is 1570. The van der Waals surface area contributed by atoms with Gasteiger partial charge in [0.2, 0.25) is 0 Å². The zero-order valence-corrected chi connectivity index (χ0v) is 21.0. The number of aromatic nitrogens is 5. The maximum atomic E-state index is 13.8. The number of nitrogens with zero attached hydrogens (tertiary/aromatic N) is 5. The van der Waals surface area contributed by atoms with Gasteiger partial charge in [-0.3, -0.25) is 9.36 Å². The van der Waals surface area contributed by atoms with E-state index in [2.05, 4.69) is 45.2 Å². The quantitative estimate of drug-likeness (QED) is 0.341. The first kappa shape index (κ1) is 22.8. The van der Waals surface area contributed by atoms with Crippen LogP contribution in [0.5, 0.6) is 0 Å². The molecule has 1 amide bonds. The monoisotopic (exact) mass is 516 g/mol. The molecule has 0 saturated heterocycles. The highest BCUT2D eigenvalue weighted by atomic mass is 35.5. The van der Waals surface area contributed by atoms with Crippen molar-refractivity contribution in [3.63, 3.8) is 0 Å². The second-order valence-corrected chi connectivity index (χ2v) is 9.98. The van der Waals surface area contributed by atoms with Gasteiger partial charge in [-0.25, -0.2) is 4.98 Å². The first-order chi connectivity index (χ1) is 17.4. The molecule has 3 heterocycles. The Kier molecular flexibility index (Phi) is 5.54. The molecule has 0 bridgehead atoms. The van der Waals surface area contributed by atoms with E-state index in [1.54, 1.807) is 29.4 Å². The van der Waals surface area contributed by atoms with Crippen LogP contribution in [-0.4, -0.2) is 30.2 Å². The minimum absolute atomic E-state index is 0.238. The van der Waals surface area contributed by atoms with Gasteiger partial charge >= 0.3 is 0 Å². The molecule has 7 nitrogen and oxygen atoms in total. The number of fused-ring (bicyclic) bond motifs is 3. The molecular weight excluding hydrogens is 495 g/mol. The number of carbonyl (C=O) groups is 1. The van der Waals surface area contributed by atoms with Gasteiger partial charge in [-0.15, -0.1) is 10.2 Å². The molecule has 1 atom stereocenters. The standard InChI is InChI=1S/C27H22Cl2N6O/c1-17-7-8-23-22(11-17)32-24-9-10-27(14-35(23)24,18-5-3-2-4-6-18)33-26(36)25-20(28)12-19(13-21(25)29)34-15-30-31-16-34/h2-8,11-13,15-16H,9-10,14H2,1H3,(H,33,36)/t27-/m1/s1. The van der Waals surface area contributed by atoms with E-state index in [9.17, 15) is 4.79 Å². The fourth-order valence-electron chi connectivity index (χ4n) is 5.04. The molecule has 1 aliphatic rings. The highest BCUT2D eigenvalue weighted by Crippen LogP contribution is 2.37. The van der Waals surface area contributed by atoms with Gasteiger partial charge in [-0.2, -0.15) is 0 Å². The zero-order valence-electron chi connectivity index (χ0n) is 19.4. The van der Waals surface area contributed by atoms with E-state index in [0.717, 1.165) is 28.8 Å². The average molecular weight is 517 g/mol. The molecule has 36 heavy (non-hydrogen) atoms. The van der Waals surface area contributed by atoms with Crippen LogP contribution in [0, 0.1) is 6.92 Å². The molecule has 1 N–H and O–H groups in total. The summed E-state index contributed by atoms with van der Waals surface area (Å²) in [5.74, 6) is 0.693. The molecule has 180 valence electrons. The largest absolute Gasteiger partial charge is 0.341 e. The fraction of sp³-hybridized carbons (Fsp3) is 0.185. The summed E-state index contributed by atoms with van der Waals surface area (Å²) in [6, 6.07) is 19.7. The summed E-state index contributed by atoms with van der Waals surface area (Å²) in [4.78, 5) is 18.6. The number of carbonyl (C=O) groups excluding carboxylic acids is 1. The maximum Gasteiger partial charge on any atom is 0.255 e. The summed E-state index contributed by atoms with van der Waals surface area (Å²) in [6.07, 6.45) is 4.50. The molecule has 0 saturated carbocycles. The van der Waals surface area contributed by atoms with Crippen molar-refractivity contribution in [1.29, 1.82) is 0 Å². The van der Waals surface area contributed by atoms with Crippen LogP contribution in [0.15, 0.2) is 73.3 Å². The van der Waals surface area contributed by atoms with Crippen LogP contribution in [0.4, 0.5) is 0 Å². The molecule has 3 aromatic carbocycles. The Morgan fingerprint density at radius 3 is 2.44 bits per heavy atom. The van der Waals surface area contributed by atoms with Crippen molar-refractivity contribution in [3.05, 3.63) is 106 Å². The van der Waals surface area contributed by atoms with E-state index in [-0.39, 0.29) is 21.5 Å². The predicted molar refractivity (Wildman–Crippen MR) is 140 cm³/mol. The van der Waals surface area contributed by atoms with Crippen molar-refractivity contribution in [3.8, 4) is 5.69 Å². The minimum Gasteiger partial charge on any atom is -0.341 e. The number of hydrogen-bond acceptors (Lipinski definition) is 4. The third-order valence-corrected chi connectivity index (χ3v) is 7.43. The van der Waals surface area contributed by atoms with Crippen molar-refractivity contribution >= 4 is 40.1 Å². The lowest BCUT2D eigenvalue weighted by molar-refractivity contribution is 0.0867. The van der Waals surface area contributed by atoms with Gasteiger partial charge in [-0.05, 0) is 48.7 Å². The first-order valence-corrected chi connectivity index (χ1v) is 12.4. The van der Waals surface area contributed by atoms with Crippen molar-refractivity contribution in [2.24, 2.45) is 0 Å². The van der Waals surface area contributed by atoms with Crippen LogP contribution in [-0.2, 0) is 18.5 Å². The highest BCUT2D eigenvalue weighted by Gasteiger charge is 2.39. The smallest absolute Gasteiger partial charge is 0.255 e. The topological polar surface area (TPSA) is 77.6 Å². The maximum absolute atomic E-state index is 13.8. The third kappa shape index (κ3) is 3.85. The third-order valence-electron chi connectivity index (χ3n) is 6.84. The molecule has 0 fully saturated rings. The van der Waals surface area contributed by atoms with Crippen molar-refractivity contribution in [2.75, 3.05) is 0 Å². The van der Waals surface area contributed by atoms with E-state index < -0.39 is 5.54 Å². The summed E-state index contributed by atoms with van der Waals surface area (Å²) in [6.45, 7) is 2.61. The number of amides is 1. The number of imidazole rings is 1. The van der Waals surface area contributed by atoms with Crippen LogP contribution in [0.25, 0.3) is 16.7 Å². The summed E-state index contributed by atoms with van der Waals surface area (Å²) >= 11 is 13.2. The number of hydrogen-bond donors (Lipinski definition) is 1. The molecule has 0 aliphatic carbocycles. The van der Waals surface area contributed by atoms with E-state index in [1.165, 1.54) is 5.56 Å². The molecule has 9 heteroatoms. The molecule has 0 radical (unpaired) electrons. The van der Waals surface area contributed by atoms with Gasteiger partial charge in [0.25, 0.3) is 5.91 Å². The normalized spacial score (nSPS) is 17.2. The van der Waals surface area contributed by atoms with Crippen molar-refractivity contribution < 1.29 is 4.79 Å². The van der Waals surface area contributed by atoms with Gasteiger partial charge < -0.3 is 9.88 Å². The lowest BCUT2D eigenvalue weighted by Crippen LogP contribution is -2.51. The van der Waals surface area contributed by atoms with Gasteiger partial charge in [0.05, 0.1) is 44.4 Å². The SMILES string of the molecule is Cc1ccc2c(c1)nc1n2C[C@@](NC(=O)c2c(Cl)cc(-n3cnnc3)cc2Cl)(c2ccccc2)CC1. The second-order valence-electron chi connectivity index (χ2n) is 9.16. The number of halogens is 2. The molecule has 6 rings (SSSR count). The Balaban J connectivity index is 1.41. The highest BCUT2D eigenvalue weighted by molar-refractivity contribution is 6.40. The fourth-order valence-corrected chi connectivity index (χ4v) is 5.68. The molecule has 5 aromatic rings. The summed E-state index contributed by atoms with van der Waals surface area (Å²) < 4.78 is 3.89. The van der Waals surface area contributed by atoms with Crippen LogP contribution in [0.3, 0.4) is 0 Å². The van der Waals surface area contributed by atoms with Crippen LogP contribution in [0.1, 0.15) is 33.7 Å². The average Bonchev–Trinajstić information content (AvgIpc) is 3.52. The predicted octanol–water partition coefficient (Wildman–Crippen LogP) is 5.50.